The fourth-order valence-corrected chi connectivity index (χ4v) is 2.51. The highest BCUT2D eigenvalue weighted by atomic mass is 32.1. The Kier molecular flexibility index (Phi) is 3.24. The summed E-state index contributed by atoms with van der Waals surface area (Å²) in [6, 6.07) is 10.6. The third-order valence-electron chi connectivity index (χ3n) is 2.85. The Bertz CT molecular complexity index is 659. The molecule has 0 fully saturated rings. The van der Waals surface area contributed by atoms with Gasteiger partial charge in [0, 0.05) is 13.6 Å². The van der Waals surface area contributed by atoms with Crippen LogP contribution in [-0.4, -0.2) is 20.2 Å². The van der Waals surface area contributed by atoms with Gasteiger partial charge in [-0.2, -0.15) is 11.3 Å². The molecule has 2 heterocycles. The Morgan fingerprint density at radius 2 is 2.21 bits per heavy atom. The molecule has 1 N–H and O–H groups in total. The monoisotopic (exact) mass is 271 g/mol. The highest BCUT2D eigenvalue weighted by Crippen LogP contribution is 2.23. The molecule has 0 aliphatic carbocycles. The molecule has 0 saturated heterocycles. The van der Waals surface area contributed by atoms with E-state index in [0.717, 1.165) is 0 Å². The first-order chi connectivity index (χ1) is 9.33. The zero-order chi connectivity index (χ0) is 13.1. The number of hydrogen-bond acceptors (Lipinski definition) is 5. The molecule has 3 rings (SSSR count). The van der Waals surface area contributed by atoms with Crippen molar-refractivity contribution in [1.29, 1.82) is 0 Å². The molecular formula is C13H13N5S. The molecule has 0 bridgehead atoms. The van der Waals surface area contributed by atoms with E-state index >= 15 is 0 Å². The minimum atomic E-state index is 0.668. The van der Waals surface area contributed by atoms with Crippen LogP contribution in [0.4, 0.5) is 5.95 Å². The zero-order valence-corrected chi connectivity index (χ0v) is 11.3. The standard InChI is InChI=1S/C13H13N5S/c1-18-13(15-16-17-18)14-8-10-3-2-4-11(7-10)12-5-6-19-9-12/h2-7,9H,8H2,1H3,(H,14,15,17). The number of nitrogens with one attached hydrogen (secondary N) is 1. The third-order valence-corrected chi connectivity index (χ3v) is 3.54. The molecule has 96 valence electrons. The van der Waals surface area contributed by atoms with Crippen molar-refractivity contribution in [3.8, 4) is 11.1 Å². The van der Waals surface area contributed by atoms with Gasteiger partial charge in [-0.05, 0) is 50.0 Å². The second kappa shape index (κ2) is 5.19. The van der Waals surface area contributed by atoms with Gasteiger partial charge in [-0.1, -0.05) is 23.3 Å². The maximum atomic E-state index is 3.90. The van der Waals surface area contributed by atoms with Crippen molar-refractivity contribution in [2.75, 3.05) is 5.32 Å². The maximum Gasteiger partial charge on any atom is 0.242 e. The molecule has 0 atom stereocenters. The van der Waals surface area contributed by atoms with Crippen molar-refractivity contribution in [3.05, 3.63) is 46.7 Å². The van der Waals surface area contributed by atoms with Crippen LogP contribution >= 0.6 is 11.3 Å². The number of rotatable bonds is 4. The third kappa shape index (κ3) is 2.63. The first-order valence-corrected chi connectivity index (χ1v) is 6.85. The van der Waals surface area contributed by atoms with E-state index in [2.05, 4.69) is 61.9 Å². The van der Waals surface area contributed by atoms with Crippen LogP contribution in [-0.2, 0) is 13.6 Å². The Labute approximate surface area is 114 Å². The van der Waals surface area contributed by atoms with Crippen LogP contribution < -0.4 is 5.32 Å². The summed E-state index contributed by atoms with van der Waals surface area (Å²) in [5.41, 5.74) is 3.69. The molecule has 6 heteroatoms. The summed E-state index contributed by atoms with van der Waals surface area (Å²) in [6.07, 6.45) is 0. The van der Waals surface area contributed by atoms with Crippen LogP contribution in [0.5, 0.6) is 0 Å². The largest absolute Gasteiger partial charge is 0.349 e. The molecule has 0 radical (unpaired) electrons. The second-order valence-electron chi connectivity index (χ2n) is 4.19. The molecule has 0 aliphatic heterocycles. The van der Waals surface area contributed by atoms with Crippen LogP contribution in [0.25, 0.3) is 11.1 Å². The van der Waals surface area contributed by atoms with E-state index in [4.69, 9.17) is 0 Å². The van der Waals surface area contributed by atoms with E-state index in [1.54, 1.807) is 16.0 Å². The minimum Gasteiger partial charge on any atom is -0.349 e. The van der Waals surface area contributed by atoms with Crippen molar-refractivity contribution in [2.45, 2.75) is 6.54 Å². The topological polar surface area (TPSA) is 55.6 Å². The fraction of sp³-hybridized carbons (Fsp3) is 0.154. The second-order valence-corrected chi connectivity index (χ2v) is 4.97. The Balaban J connectivity index is 1.75. The average molecular weight is 271 g/mol. The minimum absolute atomic E-state index is 0.668. The molecule has 5 nitrogen and oxygen atoms in total. The van der Waals surface area contributed by atoms with Crippen molar-refractivity contribution < 1.29 is 0 Å². The quantitative estimate of drug-likeness (QED) is 0.792. The highest BCUT2D eigenvalue weighted by molar-refractivity contribution is 7.08. The molecule has 2 aromatic heterocycles. The van der Waals surface area contributed by atoms with Crippen molar-refractivity contribution in [3.63, 3.8) is 0 Å². The first-order valence-electron chi connectivity index (χ1n) is 5.90. The van der Waals surface area contributed by atoms with Gasteiger partial charge in [-0.3, -0.25) is 0 Å². The van der Waals surface area contributed by atoms with Gasteiger partial charge in [0.1, 0.15) is 0 Å². The predicted octanol–water partition coefficient (Wildman–Crippen LogP) is 2.55. The number of aromatic nitrogens is 4. The van der Waals surface area contributed by atoms with Gasteiger partial charge in [-0.25, -0.2) is 4.68 Å². The molecule has 19 heavy (non-hydrogen) atoms. The smallest absolute Gasteiger partial charge is 0.242 e. The summed E-state index contributed by atoms with van der Waals surface area (Å²) >= 11 is 1.71. The van der Waals surface area contributed by atoms with E-state index in [1.807, 2.05) is 7.05 Å². The molecule has 1 aromatic carbocycles. The molecule has 0 amide bonds. The summed E-state index contributed by atoms with van der Waals surface area (Å²) in [7, 11) is 1.81. The van der Waals surface area contributed by atoms with E-state index < -0.39 is 0 Å². The number of thiophene rings is 1. The number of benzene rings is 1. The van der Waals surface area contributed by atoms with Crippen LogP contribution in [0.2, 0.25) is 0 Å². The van der Waals surface area contributed by atoms with Gasteiger partial charge >= 0.3 is 0 Å². The molecule has 0 spiro atoms. The predicted molar refractivity (Wildman–Crippen MR) is 75.9 cm³/mol. The van der Waals surface area contributed by atoms with Gasteiger partial charge in [-0.15, -0.1) is 0 Å². The number of aryl methyl sites for hydroxylation is 1. The Morgan fingerprint density at radius 1 is 1.26 bits per heavy atom. The molecular weight excluding hydrogens is 258 g/mol. The lowest BCUT2D eigenvalue weighted by Crippen LogP contribution is -2.05. The summed E-state index contributed by atoms with van der Waals surface area (Å²) in [5.74, 6) is 0.668. The van der Waals surface area contributed by atoms with Crippen LogP contribution in [0, 0.1) is 0 Å². The molecule has 3 aromatic rings. The lowest BCUT2D eigenvalue weighted by atomic mass is 10.1. The molecule has 0 aliphatic rings. The van der Waals surface area contributed by atoms with Gasteiger partial charge in [0.15, 0.2) is 0 Å². The fourth-order valence-electron chi connectivity index (χ4n) is 1.85. The summed E-state index contributed by atoms with van der Waals surface area (Å²) < 4.78 is 1.61. The van der Waals surface area contributed by atoms with Crippen LogP contribution in [0.3, 0.4) is 0 Å². The normalized spacial score (nSPS) is 10.6. The summed E-state index contributed by atoms with van der Waals surface area (Å²) in [4.78, 5) is 0. The first kappa shape index (κ1) is 11.9. The van der Waals surface area contributed by atoms with Crippen LogP contribution in [0.15, 0.2) is 41.1 Å². The summed E-state index contributed by atoms with van der Waals surface area (Å²) in [5, 5.41) is 18.7. The van der Waals surface area contributed by atoms with Gasteiger partial charge < -0.3 is 5.32 Å². The van der Waals surface area contributed by atoms with Gasteiger partial charge in [0.2, 0.25) is 5.95 Å². The van der Waals surface area contributed by atoms with Gasteiger partial charge in [0.25, 0.3) is 0 Å². The maximum absolute atomic E-state index is 3.90. The number of hydrogen-bond donors (Lipinski definition) is 1. The van der Waals surface area contributed by atoms with E-state index in [0.29, 0.717) is 12.5 Å². The number of tetrazole rings is 1. The highest BCUT2D eigenvalue weighted by Gasteiger charge is 2.03. The van der Waals surface area contributed by atoms with E-state index in [1.165, 1.54) is 16.7 Å². The van der Waals surface area contributed by atoms with Crippen molar-refractivity contribution in [2.24, 2.45) is 7.05 Å². The zero-order valence-electron chi connectivity index (χ0n) is 10.4. The Morgan fingerprint density at radius 3 is 2.95 bits per heavy atom. The van der Waals surface area contributed by atoms with Crippen molar-refractivity contribution in [1.82, 2.24) is 20.2 Å². The SMILES string of the molecule is Cn1nnnc1NCc1cccc(-c2ccsc2)c1. The average Bonchev–Trinajstić information content (AvgIpc) is 3.08. The lowest BCUT2D eigenvalue weighted by molar-refractivity contribution is 0.712. The number of anilines is 1. The van der Waals surface area contributed by atoms with E-state index in [-0.39, 0.29) is 0 Å². The Hall–Kier alpha value is -2.21. The lowest BCUT2D eigenvalue weighted by Gasteiger charge is -2.06. The van der Waals surface area contributed by atoms with E-state index in [9.17, 15) is 0 Å². The van der Waals surface area contributed by atoms with Crippen molar-refractivity contribution >= 4 is 17.3 Å². The van der Waals surface area contributed by atoms with Gasteiger partial charge in [0.05, 0.1) is 0 Å². The molecule has 0 unspecified atom stereocenters. The molecule has 0 saturated carbocycles. The number of nitrogens with zero attached hydrogens (tertiary/aromatic N) is 4. The van der Waals surface area contributed by atoms with Crippen LogP contribution in [0.1, 0.15) is 5.56 Å². The summed E-state index contributed by atoms with van der Waals surface area (Å²) in [6.45, 7) is 0.701.